The molecule has 0 amide bonds. The molecular formula is C21H22N2O3S. The second kappa shape index (κ2) is 7.84. The first-order valence-corrected chi connectivity index (χ1v) is 9.58. The molecule has 1 heterocycles. The van der Waals surface area contributed by atoms with E-state index in [-0.39, 0.29) is 23.2 Å². The minimum absolute atomic E-state index is 0.105. The molecule has 5 nitrogen and oxygen atoms in total. The Balaban J connectivity index is 1.62. The number of aliphatic imine (C=N–C) groups is 1. The Labute approximate surface area is 164 Å². The van der Waals surface area contributed by atoms with E-state index < -0.39 is 0 Å². The lowest BCUT2D eigenvalue weighted by atomic mass is 9.87. The number of nitrogens with one attached hydrogen (secondary N) is 1. The lowest BCUT2D eigenvalue weighted by Crippen LogP contribution is -2.42. The van der Waals surface area contributed by atoms with Gasteiger partial charge in [0.15, 0.2) is 5.78 Å². The van der Waals surface area contributed by atoms with Gasteiger partial charge in [0.2, 0.25) is 0 Å². The van der Waals surface area contributed by atoms with Crippen LogP contribution in [-0.2, 0) is 4.74 Å². The summed E-state index contributed by atoms with van der Waals surface area (Å²) in [6.07, 6.45) is 0.828. The molecule has 2 aromatic rings. The van der Waals surface area contributed by atoms with Gasteiger partial charge >= 0.3 is 0 Å². The molecule has 0 saturated carbocycles. The van der Waals surface area contributed by atoms with E-state index in [1.54, 1.807) is 7.11 Å². The molecule has 2 aliphatic rings. The third-order valence-corrected chi connectivity index (χ3v) is 5.21. The number of thiol groups is 1. The lowest BCUT2D eigenvalue weighted by molar-refractivity contribution is 0.0937. The fourth-order valence-corrected chi connectivity index (χ4v) is 4.03. The molecule has 27 heavy (non-hydrogen) atoms. The van der Waals surface area contributed by atoms with Gasteiger partial charge in [-0.2, -0.15) is 0 Å². The fourth-order valence-electron chi connectivity index (χ4n) is 3.75. The number of fused-ring (bicyclic) bond motifs is 3. The van der Waals surface area contributed by atoms with Gasteiger partial charge in [0.25, 0.3) is 0 Å². The van der Waals surface area contributed by atoms with Crippen LogP contribution in [0.3, 0.4) is 0 Å². The number of hydrogen-bond acceptors (Lipinski definition) is 6. The Hall–Kier alpha value is -2.15. The van der Waals surface area contributed by atoms with Gasteiger partial charge in [-0.3, -0.25) is 15.1 Å². The summed E-state index contributed by atoms with van der Waals surface area (Å²) < 4.78 is 10.9. The zero-order valence-corrected chi connectivity index (χ0v) is 16.0. The maximum Gasteiger partial charge on any atom is 0.174 e. The molecule has 0 fully saturated rings. The van der Waals surface area contributed by atoms with Crippen molar-refractivity contribution in [2.75, 3.05) is 20.3 Å². The van der Waals surface area contributed by atoms with Crippen molar-refractivity contribution in [3.05, 3.63) is 65.2 Å². The highest BCUT2D eigenvalue weighted by Crippen LogP contribution is 2.39. The van der Waals surface area contributed by atoms with Crippen molar-refractivity contribution in [1.29, 1.82) is 0 Å². The molecule has 0 spiro atoms. The fraction of sp³-hybridized carbons (Fsp3) is 0.333. The second-order valence-electron chi connectivity index (χ2n) is 6.69. The number of carbonyl (C=O) groups is 1. The van der Waals surface area contributed by atoms with Crippen LogP contribution in [-0.4, -0.2) is 37.3 Å². The highest BCUT2D eigenvalue weighted by molar-refractivity contribution is 7.80. The zero-order valence-electron chi connectivity index (χ0n) is 15.1. The van der Waals surface area contributed by atoms with E-state index in [0.717, 1.165) is 34.6 Å². The first-order chi connectivity index (χ1) is 13.2. The highest BCUT2D eigenvalue weighted by Gasteiger charge is 2.45. The number of rotatable bonds is 6. The van der Waals surface area contributed by atoms with Gasteiger partial charge in [0, 0.05) is 31.3 Å². The Kier molecular flexibility index (Phi) is 5.29. The summed E-state index contributed by atoms with van der Waals surface area (Å²) >= 11 is 4.52. The van der Waals surface area contributed by atoms with Crippen molar-refractivity contribution in [3.63, 3.8) is 0 Å². The average molecular weight is 382 g/mol. The van der Waals surface area contributed by atoms with Crippen molar-refractivity contribution >= 4 is 24.1 Å². The number of benzene rings is 2. The van der Waals surface area contributed by atoms with Crippen molar-refractivity contribution < 1.29 is 14.3 Å². The molecule has 2 aromatic carbocycles. The zero-order chi connectivity index (χ0) is 18.8. The predicted molar refractivity (Wildman–Crippen MR) is 108 cm³/mol. The smallest absolute Gasteiger partial charge is 0.174 e. The third kappa shape index (κ3) is 3.52. The molecule has 0 bridgehead atoms. The first-order valence-electron chi connectivity index (χ1n) is 9.06. The number of methoxy groups -OCH3 is 1. The minimum atomic E-state index is -0.355. The summed E-state index contributed by atoms with van der Waals surface area (Å²) in [6.45, 7) is 1.25. The summed E-state index contributed by atoms with van der Waals surface area (Å²) in [6, 6.07) is 15.4. The van der Waals surface area contributed by atoms with E-state index in [1.165, 1.54) is 0 Å². The molecule has 0 saturated heterocycles. The van der Waals surface area contributed by atoms with Crippen LogP contribution in [0, 0.1) is 5.92 Å². The molecular weight excluding hydrogens is 360 g/mol. The molecule has 140 valence electrons. The standard InChI is InChI=1S/C21H22N2O3S/c1-25-10-5-11-26-14-7-4-6-13(12-14)18-17-19(23-21(27)22-18)15-8-2-3-9-16(15)20(17)24/h2-4,6-9,12,17-18,21-22,27H,5,10-11H2,1H3. The topological polar surface area (TPSA) is 59.9 Å². The van der Waals surface area contributed by atoms with Crippen LogP contribution >= 0.6 is 12.6 Å². The number of nitrogens with zero attached hydrogens (tertiary/aromatic N) is 1. The Bertz CT molecular complexity index is 883. The average Bonchev–Trinajstić information content (AvgIpc) is 2.97. The number of hydrogen-bond donors (Lipinski definition) is 2. The number of ketones is 1. The molecule has 4 rings (SSSR count). The quantitative estimate of drug-likeness (QED) is 0.595. The van der Waals surface area contributed by atoms with Crippen LogP contribution < -0.4 is 10.1 Å². The Morgan fingerprint density at radius 2 is 1.93 bits per heavy atom. The molecule has 0 radical (unpaired) electrons. The Morgan fingerprint density at radius 1 is 1.11 bits per heavy atom. The van der Waals surface area contributed by atoms with Gasteiger partial charge in [-0.25, -0.2) is 0 Å². The number of Topliss-reactive ketones (excluding diaryl/α,β-unsaturated/α-hetero) is 1. The largest absolute Gasteiger partial charge is 0.493 e. The van der Waals surface area contributed by atoms with Crippen LogP contribution in [0.4, 0.5) is 0 Å². The van der Waals surface area contributed by atoms with Gasteiger partial charge in [0.1, 0.15) is 11.2 Å². The third-order valence-electron chi connectivity index (χ3n) is 4.95. The van der Waals surface area contributed by atoms with Gasteiger partial charge < -0.3 is 9.47 Å². The van der Waals surface area contributed by atoms with Crippen molar-refractivity contribution in [2.24, 2.45) is 10.9 Å². The number of ether oxygens (including phenoxy) is 2. The summed E-state index contributed by atoms with van der Waals surface area (Å²) in [5, 5.41) is 3.35. The van der Waals surface area contributed by atoms with Crippen LogP contribution in [0.5, 0.6) is 5.75 Å². The maximum atomic E-state index is 13.1. The van der Waals surface area contributed by atoms with E-state index in [2.05, 4.69) is 22.9 Å². The van der Waals surface area contributed by atoms with Gasteiger partial charge in [0.05, 0.1) is 24.3 Å². The Morgan fingerprint density at radius 3 is 2.74 bits per heavy atom. The summed E-state index contributed by atoms with van der Waals surface area (Å²) in [5.74, 6) is 0.552. The maximum absolute atomic E-state index is 13.1. The molecule has 1 aliphatic heterocycles. The first kappa shape index (κ1) is 18.2. The van der Waals surface area contributed by atoms with E-state index in [9.17, 15) is 4.79 Å². The molecule has 1 aliphatic carbocycles. The van der Waals surface area contributed by atoms with Gasteiger partial charge in [-0.05, 0) is 17.7 Å². The van der Waals surface area contributed by atoms with Crippen LogP contribution in [0.15, 0.2) is 53.5 Å². The van der Waals surface area contributed by atoms with Crippen molar-refractivity contribution in [1.82, 2.24) is 5.32 Å². The van der Waals surface area contributed by atoms with Gasteiger partial charge in [-0.15, -0.1) is 12.6 Å². The molecule has 3 atom stereocenters. The second-order valence-corrected chi connectivity index (χ2v) is 7.18. The van der Waals surface area contributed by atoms with Gasteiger partial charge in [-0.1, -0.05) is 36.4 Å². The predicted octanol–water partition coefficient (Wildman–Crippen LogP) is 3.26. The summed E-state index contributed by atoms with van der Waals surface area (Å²) in [7, 11) is 1.68. The molecule has 3 unspecified atom stereocenters. The minimum Gasteiger partial charge on any atom is -0.493 e. The van der Waals surface area contributed by atoms with E-state index in [0.29, 0.717) is 13.2 Å². The van der Waals surface area contributed by atoms with Crippen molar-refractivity contribution in [2.45, 2.75) is 18.0 Å². The van der Waals surface area contributed by atoms with Crippen LogP contribution in [0.1, 0.15) is 33.9 Å². The number of carbonyl (C=O) groups excluding carboxylic acids is 1. The molecule has 0 aromatic heterocycles. The molecule has 1 N–H and O–H groups in total. The van der Waals surface area contributed by atoms with Crippen molar-refractivity contribution in [3.8, 4) is 5.75 Å². The van der Waals surface area contributed by atoms with E-state index in [1.807, 2.05) is 48.5 Å². The van der Waals surface area contributed by atoms with Crippen LogP contribution in [0.2, 0.25) is 0 Å². The summed E-state index contributed by atoms with van der Waals surface area (Å²) in [5.41, 5.74) is 3.13. The van der Waals surface area contributed by atoms with E-state index in [4.69, 9.17) is 9.47 Å². The lowest BCUT2D eigenvalue weighted by Gasteiger charge is -2.31. The summed E-state index contributed by atoms with van der Waals surface area (Å²) in [4.78, 5) is 17.7. The van der Waals surface area contributed by atoms with Crippen LogP contribution in [0.25, 0.3) is 0 Å². The SMILES string of the molecule is COCCCOc1cccc(C2NC(S)N=C3c4ccccc4C(=O)C32)c1. The van der Waals surface area contributed by atoms with E-state index >= 15 is 0 Å². The highest BCUT2D eigenvalue weighted by atomic mass is 32.1. The monoisotopic (exact) mass is 382 g/mol. The normalized spacial score (nSPS) is 23.6. The molecule has 6 heteroatoms.